The molecule has 132 valence electrons. The van der Waals surface area contributed by atoms with Gasteiger partial charge in [0.15, 0.2) is 0 Å². The predicted molar refractivity (Wildman–Crippen MR) is 105 cm³/mol. The Hall–Kier alpha value is -3.21. The predicted octanol–water partition coefficient (Wildman–Crippen LogP) is 4.32. The number of allylic oxidation sites excluding steroid dienone is 4. The van der Waals surface area contributed by atoms with Gasteiger partial charge in [0, 0.05) is 31.1 Å². The molecule has 0 bridgehead atoms. The molecule has 1 N–H and O–H groups in total. The lowest BCUT2D eigenvalue weighted by Gasteiger charge is -2.16. The lowest BCUT2D eigenvalue weighted by Crippen LogP contribution is -2.22. The molecule has 3 rings (SSSR count). The second-order valence-electron chi connectivity index (χ2n) is 6.09. The maximum absolute atomic E-state index is 11.9. The van der Waals surface area contributed by atoms with Crippen molar-refractivity contribution >= 4 is 23.0 Å². The van der Waals surface area contributed by atoms with Crippen LogP contribution >= 0.6 is 0 Å². The molecule has 3 heterocycles. The SMILES string of the molecule is C=C/C(=C\C=C(/C)c1ccc(Nc2cccnc2)nc1)N1CCCC1=O. The van der Waals surface area contributed by atoms with Gasteiger partial charge in [-0.25, -0.2) is 4.98 Å². The highest BCUT2D eigenvalue weighted by Crippen LogP contribution is 2.20. The third-order valence-electron chi connectivity index (χ3n) is 4.25. The zero-order valence-corrected chi connectivity index (χ0v) is 14.9. The number of nitrogens with zero attached hydrogens (tertiary/aromatic N) is 3. The number of hydrogen-bond acceptors (Lipinski definition) is 4. The molecule has 0 spiro atoms. The van der Waals surface area contributed by atoms with Crippen LogP contribution in [0.5, 0.6) is 0 Å². The molecule has 26 heavy (non-hydrogen) atoms. The van der Waals surface area contributed by atoms with Crippen LogP contribution in [-0.2, 0) is 4.79 Å². The second kappa shape index (κ2) is 8.25. The number of nitrogens with one attached hydrogen (secondary N) is 1. The molecule has 0 radical (unpaired) electrons. The van der Waals surface area contributed by atoms with Gasteiger partial charge in [-0.1, -0.05) is 12.7 Å². The van der Waals surface area contributed by atoms with Crippen LogP contribution in [0.2, 0.25) is 0 Å². The molecule has 0 aromatic carbocycles. The van der Waals surface area contributed by atoms with Crippen LogP contribution in [0.25, 0.3) is 5.57 Å². The van der Waals surface area contributed by atoms with Crippen molar-refractivity contribution in [3.63, 3.8) is 0 Å². The monoisotopic (exact) mass is 346 g/mol. The molecule has 1 fully saturated rings. The first kappa shape index (κ1) is 17.6. The third kappa shape index (κ3) is 4.25. The molecule has 0 aliphatic carbocycles. The van der Waals surface area contributed by atoms with Crippen LogP contribution in [0.15, 0.2) is 73.4 Å². The standard InChI is InChI=1S/C21H22N4O/c1-3-19(25-13-5-7-21(25)26)10-8-16(2)17-9-11-20(23-14-17)24-18-6-4-12-22-15-18/h3-4,6,8-12,14-15H,1,5,7,13H2,2H3,(H,23,24)/b16-8+,19-10+. The Balaban J connectivity index is 1.71. The first-order valence-corrected chi connectivity index (χ1v) is 8.62. The van der Waals surface area contributed by atoms with Gasteiger partial charge in [-0.3, -0.25) is 9.78 Å². The van der Waals surface area contributed by atoms with Crippen molar-refractivity contribution in [2.75, 3.05) is 11.9 Å². The summed E-state index contributed by atoms with van der Waals surface area (Å²) in [5, 5.41) is 3.21. The quantitative estimate of drug-likeness (QED) is 0.792. The average Bonchev–Trinajstić information content (AvgIpc) is 3.09. The van der Waals surface area contributed by atoms with Gasteiger partial charge in [-0.15, -0.1) is 0 Å². The van der Waals surface area contributed by atoms with Crippen molar-refractivity contribution in [2.24, 2.45) is 0 Å². The van der Waals surface area contributed by atoms with E-state index in [1.165, 1.54) is 0 Å². The Morgan fingerprint density at radius 2 is 2.15 bits per heavy atom. The maximum Gasteiger partial charge on any atom is 0.227 e. The van der Waals surface area contributed by atoms with E-state index in [-0.39, 0.29) is 5.91 Å². The minimum Gasteiger partial charge on any atom is -0.339 e. The fraction of sp³-hybridized carbons (Fsp3) is 0.190. The molecule has 0 saturated carbocycles. The summed E-state index contributed by atoms with van der Waals surface area (Å²) < 4.78 is 0. The number of rotatable bonds is 6. The Labute approximate surface area is 153 Å². The van der Waals surface area contributed by atoms with E-state index in [9.17, 15) is 4.79 Å². The van der Waals surface area contributed by atoms with Gasteiger partial charge in [0.05, 0.1) is 11.9 Å². The number of anilines is 2. The van der Waals surface area contributed by atoms with Gasteiger partial charge < -0.3 is 10.2 Å². The number of hydrogen-bond donors (Lipinski definition) is 1. The van der Waals surface area contributed by atoms with Gasteiger partial charge in [-0.2, -0.15) is 0 Å². The molecule has 2 aromatic heterocycles. The van der Waals surface area contributed by atoms with E-state index in [2.05, 4.69) is 21.9 Å². The van der Waals surface area contributed by atoms with Gasteiger partial charge in [-0.05, 0) is 60.9 Å². The average molecular weight is 346 g/mol. The van der Waals surface area contributed by atoms with Gasteiger partial charge >= 0.3 is 0 Å². The third-order valence-corrected chi connectivity index (χ3v) is 4.25. The van der Waals surface area contributed by atoms with Crippen LogP contribution in [0, 0.1) is 0 Å². The summed E-state index contributed by atoms with van der Waals surface area (Å²) in [6.45, 7) is 6.61. The molecular formula is C21H22N4O. The molecule has 0 atom stereocenters. The van der Waals surface area contributed by atoms with Crippen LogP contribution in [0.1, 0.15) is 25.3 Å². The van der Waals surface area contributed by atoms with E-state index in [0.29, 0.717) is 6.42 Å². The second-order valence-corrected chi connectivity index (χ2v) is 6.09. The minimum absolute atomic E-state index is 0.162. The highest BCUT2D eigenvalue weighted by Gasteiger charge is 2.21. The maximum atomic E-state index is 11.9. The van der Waals surface area contributed by atoms with Crippen molar-refractivity contribution < 1.29 is 4.79 Å². The Kier molecular flexibility index (Phi) is 5.59. The molecule has 2 aromatic rings. The van der Waals surface area contributed by atoms with Gasteiger partial charge in [0.1, 0.15) is 5.82 Å². The summed E-state index contributed by atoms with van der Waals surface area (Å²) >= 11 is 0. The highest BCUT2D eigenvalue weighted by molar-refractivity contribution is 5.80. The smallest absolute Gasteiger partial charge is 0.227 e. The number of pyridine rings is 2. The summed E-state index contributed by atoms with van der Waals surface area (Å²) in [5.74, 6) is 0.925. The van der Waals surface area contributed by atoms with E-state index >= 15 is 0 Å². The fourth-order valence-electron chi connectivity index (χ4n) is 2.78. The molecule has 0 unspecified atom stereocenters. The lowest BCUT2D eigenvalue weighted by atomic mass is 10.1. The molecule has 5 nitrogen and oxygen atoms in total. The first-order valence-electron chi connectivity index (χ1n) is 8.62. The number of likely N-dealkylation sites (tertiary alicyclic amines) is 1. The molecule has 1 amide bonds. The summed E-state index contributed by atoms with van der Waals surface area (Å²) in [5.41, 5.74) is 3.83. The number of carbonyl (C=O) groups is 1. The van der Waals surface area contributed by atoms with E-state index in [1.54, 1.807) is 23.4 Å². The first-order chi connectivity index (χ1) is 12.7. The molecule has 1 saturated heterocycles. The van der Waals surface area contributed by atoms with Crippen molar-refractivity contribution in [3.8, 4) is 0 Å². The van der Waals surface area contributed by atoms with E-state index < -0.39 is 0 Å². The molecule has 5 heteroatoms. The van der Waals surface area contributed by atoms with Crippen LogP contribution < -0.4 is 5.32 Å². The van der Waals surface area contributed by atoms with Crippen LogP contribution in [0.4, 0.5) is 11.5 Å². The number of carbonyl (C=O) groups excluding carboxylic acids is 1. The summed E-state index contributed by atoms with van der Waals surface area (Å²) in [6, 6.07) is 7.76. The van der Waals surface area contributed by atoms with Crippen LogP contribution in [0.3, 0.4) is 0 Å². The van der Waals surface area contributed by atoms with Crippen LogP contribution in [-0.4, -0.2) is 27.3 Å². The number of amides is 1. The molecular weight excluding hydrogens is 324 g/mol. The lowest BCUT2D eigenvalue weighted by molar-refractivity contribution is -0.125. The molecule has 1 aliphatic heterocycles. The fourth-order valence-corrected chi connectivity index (χ4v) is 2.78. The normalized spacial score (nSPS) is 15.3. The largest absolute Gasteiger partial charge is 0.339 e. The Morgan fingerprint density at radius 3 is 2.77 bits per heavy atom. The zero-order valence-electron chi connectivity index (χ0n) is 14.9. The molecule has 1 aliphatic rings. The van der Waals surface area contributed by atoms with Gasteiger partial charge in [0.2, 0.25) is 5.91 Å². The van der Waals surface area contributed by atoms with E-state index in [0.717, 1.165) is 41.3 Å². The van der Waals surface area contributed by atoms with Gasteiger partial charge in [0.25, 0.3) is 0 Å². The summed E-state index contributed by atoms with van der Waals surface area (Å²) in [4.78, 5) is 22.2. The van der Waals surface area contributed by atoms with Crippen molar-refractivity contribution in [1.82, 2.24) is 14.9 Å². The Morgan fingerprint density at radius 1 is 1.27 bits per heavy atom. The summed E-state index contributed by atoms with van der Waals surface area (Å²) in [7, 11) is 0. The topological polar surface area (TPSA) is 58.1 Å². The zero-order chi connectivity index (χ0) is 18.4. The number of aromatic nitrogens is 2. The van der Waals surface area contributed by atoms with E-state index in [4.69, 9.17) is 0 Å². The van der Waals surface area contributed by atoms with E-state index in [1.807, 2.05) is 49.5 Å². The minimum atomic E-state index is 0.162. The Bertz CT molecular complexity index is 838. The highest BCUT2D eigenvalue weighted by atomic mass is 16.2. The van der Waals surface area contributed by atoms with Crippen molar-refractivity contribution in [1.29, 1.82) is 0 Å². The van der Waals surface area contributed by atoms with Crippen molar-refractivity contribution in [3.05, 3.63) is 78.9 Å². The van der Waals surface area contributed by atoms with Crippen molar-refractivity contribution in [2.45, 2.75) is 19.8 Å². The summed E-state index contributed by atoms with van der Waals surface area (Å²) in [6.07, 6.45) is 12.5.